The number of ketones is 1. The normalized spacial score (nSPS) is 15.5. The van der Waals surface area contributed by atoms with Gasteiger partial charge < -0.3 is 0 Å². The van der Waals surface area contributed by atoms with Crippen molar-refractivity contribution >= 4 is 23.6 Å². The van der Waals surface area contributed by atoms with Crippen LogP contribution in [0, 0.1) is 0 Å². The van der Waals surface area contributed by atoms with E-state index in [2.05, 4.69) is 17.2 Å². The second-order valence-corrected chi connectivity index (χ2v) is 6.76. The molecule has 118 valence electrons. The fourth-order valence-corrected chi connectivity index (χ4v) is 3.81. The monoisotopic (exact) mass is 332 g/mol. The van der Waals surface area contributed by atoms with Crippen LogP contribution in [-0.4, -0.2) is 21.3 Å². The highest BCUT2D eigenvalue weighted by Gasteiger charge is 2.21. The summed E-state index contributed by atoms with van der Waals surface area (Å²) < 4.78 is 1.90. The minimum absolute atomic E-state index is 0.125. The lowest BCUT2D eigenvalue weighted by Gasteiger charge is -2.16. The number of Topliss-reactive ketones (excluding diaryl/α,β-unsaturated/α-hetero) is 1. The Morgan fingerprint density at radius 2 is 1.88 bits per heavy atom. The number of aromatic nitrogens is 2. The predicted octanol–water partition coefficient (Wildman–Crippen LogP) is 4.30. The summed E-state index contributed by atoms with van der Waals surface area (Å²) in [7, 11) is 0. The highest BCUT2D eigenvalue weighted by molar-refractivity contribution is 7.99. The van der Waals surface area contributed by atoms with Crippen LogP contribution in [0.1, 0.15) is 21.5 Å². The highest BCUT2D eigenvalue weighted by atomic mass is 32.2. The number of rotatable bonds is 3. The van der Waals surface area contributed by atoms with Crippen molar-refractivity contribution in [3.63, 3.8) is 0 Å². The number of hydrogen-bond donors (Lipinski definition) is 0. The van der Waals surface area contributed by atoms with Gasteiger partial charge in [0.25, 0.3) is 0 Å². The van der Waals surface area contributed by atoms with Crippen LogP contribution in [-0.2, 0) is 6.54 Å². The summed E-state index contributed by atoms with van der Waals surface area (Å²) in [5, 5.41) is 4.40. The molecule has 2 aromatic carbocycles. The first-order chi connectivity index (χ1) is 11.8. The van der Waals surface area contributed by atoms with Gasteiger partial charge in [-0.2, -0.15) is 5.10 Å². The molecule has 0 spiro atoms. The molecule has 0 unspecified atom stereocenters. The smallest absolute Gasteiger partial charge is 0.191 e. The first-order valence-electron chi connectivity index (χ1n) is 7.83. The molecule has 0 bridgehead atoms. The van der Waals surface area contributed by atoms with Crippen molar-refractivity contribution in [1.29, 1.82) is 0 Å². The van der Waals surface area contributed by atoms with Gasteiger partial charge in [-0.3, -0.25) is 9.48 Å². The van der Waals surface area contributed by atoms with Crippen molar-refractivity contribution in [1.82, 2.24) is 9.78 Å². The number of carbonyl (C=O) groups excluding carboxylic acids is 1. The van der Waals surface area contributed by atoms with Crippen LogP contribution < -0.4 is 0 Å². The third-order valence-corrected chi connectivity index (χ3v) is 5.11. The topological polar surface area (TPSA) is 34.9 Å². The van der Waals surface area contributed by atoms with Gasteiger partial charge in [-0.05, 0) is 23.8 Å². The average Bonchev–Trinajstić information content (AvgIpc) is 3.05. The maximum Gasteiger partial charge on any atom is 0.191 e. The van der Waals surface area contributed by atoms with Gasteiger partial charge in [0.2, 0.25) is 0 Å². The Morgan fingerprint density at radius 3 is 2.75 bits per heavy atom. The summed E-state index contributed by atoms with van der Waals surface area (Å²) in [4.78, 5) is 13.7. The molecule has 1 aromatic heterocycles. The van der Waals surface area contributed by atoms with E-state index in [-0.39, 0.29) is 5.78 Å². The summed E-state index contributed by atoms with van der Waals surface area (Å²) in [5.74, 6) is 0.833. The number of nitrogens with zero attached hydrogens (tertiary/aromatic N) is 2. The van der Waals surface area contributed by atoms with E-state index < -0.39 is 0 Å². The van der Waals surface area contributed by atoms with Crippen molar-refractivity contribution in [2.75, 3.05) is 5.75 Å². The molecule has 0 amide bonds. The van der Waals surface area contributed by atoms with Gasteiger partial charge in [0.15, 0.2) is 5.78 Å². The lowest BCUT2D eigenvalue weighted by atomic mass is 10.0. The Hall–Kier alpha value is -2.59. The van der Waals surface area contributed by atoms with E-state index in [1.165, 1.54) is 5.56 Å². The van der Waals surface area contributed by atoms with Gasteiger partial charge in [0, 0.05) is 33.5 Å². The maximum atomic E-state index is 12.6. The van der Waals surface area contributed by atoms with Crippen molar-refractivity contribution in [2.24, 2.45) is 0 Å². The molecule has 1 aliphatic heterocycles. The Kier molecular flexibility index (Phi) is 4.05. The van der Waals surface area contributed by atoms with Crippen LogP contribution in [0.3, 0.4) is 0 Å². The lowest BCUT2D eigenvalue weighted by molar-refractivity contribution is 0.103. The second-order valence-electron chi connectivity index (χ2n) is 5.74. The Bertz CT molecular complexity index is 912. The first kappa shape index (κ1) is 15.0. The van der Waals surface area contributed by atoms with Crippen LogP contribution in [0.2, 0.25) is 0 Å². The van der Waals surface area contributed by atoms with Gasteiger partial charge in [-0.1, -0.05) is 42.5 Å². The molecule has 0 N–H and O–H groups in total. The molecule has 0 aliphatic carbocycles. The molecular weight excluding hydrogens is 316 g/mol. The van der Waals surface area contributed by atoms with E-state index in [1.807, 2.05) is 65.6 Å². The lowest BCUT2D eigenvalue weighted by Crippen LogP contribution is -2.11. The van der Waals surface area contributed by atoms with E-state index in [4.69, 9.17) is 0 Å². The molecule has 1 aliphatic rings. The molecule has 0 atom stereocenters. The molecule has 3 aromatic rings. The predicted molar refractivity (Wildman–Crippen MR) is 97.2 cm³/mol. The van der Waals surface area contributed by atoms with Crippen molar-refractivity contribution < 1.29 is 4.79 Å². The molecule has 2 heterocycles. The number of fused-ring (bicyclic) bond motifs is 1. The Balaban J connectivity index is 1.55. The van der Waals surface area contributed by atoms with Crippen LogP contribution in [0.15, 0.2) is 77.5 Å². The summed E-state index contributed by atoms with van der Waals surface area (Å²) in [6, 6.07) is 18.0. The Morgan fingerprint density at radius 1 is 1.08 bits per heavy atom. The van der Waals surface area contributed by atoms with Crippen LogP contribution in [0.4, 0.5) is 0 Å². The molecule has 4 heteroatoms. The molecule has 3 nitrogen and oxygen atoms in total. The van der Waals surface area contributed by atoms with Crippen LogP contribution in [0.25, 0.3) is 6.08 Å². The quantitative estimate of drug-likeness (QED) is 0.671. The number of hydrogen-bond acceptors (Lipinski definition) is 3. The SMILES string of the molecule is O=C1/C(=C/c2cnn(Cc3ccccc3)c2)CSc2ccccc21. The second kappa shape index (κ2) is 6.49. The fraction of sp³-hybridized carbons (Fsp3) is 0.100. The van der Waals surface area contributed by atoms with E-state index in [0.717, 1.165) is 28.1 Å². The van der Waals surface area contributed by atoms with Gasteiger partial charge in [-0.15, -0.1) is 11.8 Å². The molecule has 4 rings (SSSR count). The van der Waals surface area contributed by atoms with Crippen molar-refractivity contribution in [3.05, 3.63) is 89.3 Å². The molecule has 24 heavy (non-hydrogen) atoms. The molecule has 0 saturated heterocycles. The zero-order chi connectivity index (χ0) is 16.4. The van der Waals surface area contributed by atoms with E-state index >= 15 is 0 Å². The van der Waals surface area contributed by atoms with E-state index in [0.29, 0.717) is 5.75 Å². The van der Waals surface area contributed by atoms with Crippen LogP contribution >= 0.6 is 11.8 Å². The molecule has 0 saturated carbocycles. The van der Waals surface area contributed by atoms with Crippen LogP contribution in [0.5, 0.6) is 0 Å². The maximum absolute atomic E-state index is 12.6. The number of thioether (sulfide) groups is 1. The number of benzene rings is 2. The largest absolute Gasteiger partial charge is 0.289 e. The third kappa shape index (κ3) is 3.05. The third-order valence-electron chi connectivity index (χ3n) is 3.99. The first-order valence-corrected chi connectivity index (χ1v) is 8.81. The number of carbonyl (C=O) groups is 1. The zero-order valence-corrected chi connectivity index (χ0v) is 13.9. The molecule has 0 fully saturated rings. The Labute approximate surface area is 145 Å². The summed E-state index contributed by atoms with van der Waals surface area (Å²) in [6.45, 7) is 0.732. The fourth-order valence-electron chi connectivity index (χ4n) is 2.79. The minimum Gasteiger partial charge on any atom is -0.289 e. The summed E-state index contributed by atoms with van der Waals surface area (Å²) in [6.07, 6.45) is 5.76. The van der Waals surface area contributed by atoms with Gasteiger partial charge in [0.05, 0.1) is 12.7 Å². The highest BCUT2D eigenvalue weighted by Crippen LogP contribution is 2.33. The summed E-state index contributed by atoms with van der Waals surface area (Å²) in [5.41, 5.74) is 3.81. The standard InChI is InChI=1S/C20H16N2OS/c23-20-17(14-24-19-9-5-4-8-18(19)20)10-16-11-21-22(13-16)12-15-6-2-1-3-7-15/h1-11,13H,12,14H2/b17-10+. The van der Waals surface area contributed by atoms with Gasteiger partial charge >= 0.3 is 0 Å². The summed E-state index contributed by atoms with van der Waals surface area (Å²) >= 11 is 1.71. The molecular formula is C20H16N2OS. The minimum atomic E-state index is 0.125. The van der Waals surface area contributed by atoms with Gasteiger partial charge in [0.1, 0.15) is 0 Å². The van der Waals surface area contributed by atoms with Crippen molar-refractivity contribution in [3.8, 4) is 0 Å². The average molecular weight is 332 g/mol. The van der Waals surface area contributed by atoms with Crippen molar-refractivity contribution in [2.45, 2.75) is 11.4 Å². The zero-order valence-electron chi connectivity index (χ0n) is 13.1. The van der Waals surface area contributed by atoms with Gasteiger partial charge in [-0.25, -0.2) is 0 Å². The molecule has 0 radical (unpaired) electrons. The van der Waals surface area contributed by atoms with E-state index in [9.17, 15) is 4.79 Å². The van der Waals surface area contributed by atoms with E-state index in [1.54, 1.807) is 11.8 Å².